The first-order chi connectivity index (χ1) is 12.2. The Kier molecular flexibility index (Phi) is 24.7. The molecule has 0 saturated carbocycles. The Balaban J connectivity index is 0. The predicted octanol–water partition coefficient (Wildman–Crippen LogP) is 6.19. The minimum absolute atomic E-state index is 0.248. The lowest BCUT2D eigenvalue weighted by atomic mass is 10.0. The summed E-state index contributed by atoms with van der Waals surface area (Å²) in [5, 5.41) is 0. The normalized spacial score (nSPS) is 10.4. The number of rotatable bonds is 17. The van der Waals surface area contributed by atoms with Crippen molar-refractivity contribution in [1.82, 2.24) is 4.90 Å². The minimum Gasteiger partial charge on any atom is -0.304 e. The molecule has 0 atom stereocenters. The van der Waals surface area contributed by atoms with E-state index in [-0.39, 0.29) is 5.78 Å². The predicted molar refractivity (Wildman–Crippen MR) is 110 cm³/mol. The van der Waals surface area contributed by atoms with Gasteiger partial charge in [-0.1, -0.05) is 98.3 Å². The maximum absolute atomic E-state index is 10.7. The number of carbonyl (C=O) groups is 2. The molecule has 0 heterocycles. The van der Waals surface area contributed by atoms with Crippen molar-refractivity contribution in [3.63, 3.8) is 0 Å². The van der Waals surface area contributed by atoms with E-state index in [9.17, 15) is 9.59 Å². The number of hydrogen-bond donors (Lipinski definition) is 0. The summed E-state index contributed by atoms with van der Waals surface area (Å²) in [7, 11) is 0. The van der Waals surface area contributed by atoms with Gasteiger partial charge < -0.3 is 4.90 Å². The van der Waals surface area contributed by atoms with Crippen molar-refractivity contribution in [2.24, 2.45) is 0 Å². The number of carbonyl (C=O) groups excluding carboxylic acids is 2. The Labute approximate surface area is 157 Å². The van der Waals surface area contributed by atoms with Gasteiger partial charge in [0.1, 0.15) is 0 Å². The van der Waals surface area contributed by atoms with Crippen molar-refractivity contribution < 1.29 is 9.59 Å². The van der Waals surface area contributed by atoms with E-state index in [1.165, 1.54) is 83.8 Å². The Morgan fingerprint density at radius 3 is 1.28 bits per heavy atom. The van der Waals surface area contributed by atoms with Crippen LogP contribution in [-0.4, -0.2) is 36.6 Å². The van der Waals surface area contributed by atoms with Gasteiger partial charge in [-0.05, 0) is 26.1 Å². The largest absolute Gasteiger partial charge is 0.304 e. The third-order valence-electron chi connectivity index (χ3n) is 4.75. The first-order valence-electron chi connectivity index (χ1n) is 10.9. The summed E-state index contributed by atoms with van der Waals surface area (Å²) < 4.78 is 0. The Morgan fingerprint density at radius 2 is 1.00 bits per heavy atom. The molecule has 0 aromatic heterocycles. The highest BCUT2D eigenvalue weighted by molar-refractivity contribution is 6.24. The van der Waals surface area contributed by atoms with Crippen molar-refractivity contribution in [3.05, 3.63) is 0 Å². The number of nitrogens with zero attached hydrogens (tertiary/aromatic N) is 1. The maximum Gasteiger partial charge on any atom is 0.195 e. The monoisotopic (exact) mass is 355 g/mol. The molecule has 3 nitrogen and oxygen atoms in total. The molecule has 150 valence electrons. The molecule has 0 fully saturated rings. The average molecular weight is 356 g/mol. The minimum atomic E-state index is -0.248. The van der Waals surface area contributed by atoms with Crippen molar-refractivity contribution >= 4 is 12.1 Å². The van der Waals surface area contributed by atoms with Gasteiger partial charge >= 0.3 is 0 Å². The van der Waals surface area contributed by atoms with Crippen LogP contribution in [0.3, 0.4) is 0 Å². The fourth-order valence-corrected chi connectivity index (χ4v) is 2.87. The van der Waals surface area contributed by atoms with Gasteiger partial charge in [-0.2, -0.15) is 0 Å². The van der Waals surface area contributed by atoms with Crippen LogP contribution in [0, 0.1) is 0 Å². The third kappa shape index (κ3) is 23.3. The van der Waals surface area contributed by atoms with E-state index in [2.05, 4.69) is 32.6 Å². The molecule has 0 aromatic carbocycles. The topological polar surface area (TPSA) is 37.4 Å². The summed E-state index contributed by atoms with van der Waals surface area (Å²) in [5.41, 5.74) is 0. The van der Waals surface area contributed by atoms with Gasteiger partial charge in [-0.3, -0.25) is 9.59 Å². The Hall–Kier alpha value is -0.700. The molecule has 0 unspecified atom stereocenters. The molecule has 0 bridgehead atoms. The Morgan fingerprint density at radius 1 is 0.640 bits per heavy atom. The van der Waals surface area contributed by atoms with Crippen LogP contribution >= 0.6 is 0 Å². The van der Waals surface area contributed by atoms with E-state index >= 15 is 0 Å². The van der Waals surface area contributed by atoms with Crippen molar-refractivity contribution in [2.75, 3.05) is 19.6 Å². The zero-order chi connectivity index (χ0) is 19.2. The summed E-state index contributed by atoms with van der Waals surface area (Å²) >= 11 is 0. The first-order valence-corrected chi connectivity index (χ1v) is 10.9. The van der Waals surface area contributed by atoms with E-state index in [0.29, 0.717) is 12.7 Å². The molecule has 0 aromatic rings. The molecule has 0 spiro atoms. The van der Waals surface area contributed by atoms with Crippen LogP contribution in [0.2, 0.25) is 0 Å². The van der Waals surface area contributed by atoms with E-state index in [1.807, 2.05) is 0 Å². The summed E-state index contributed by atoms with van der Waals surface area (Å²) in [6.07, 6.45) is 16.3. The van der Waals surface area contributed by atoms with Crippen LogP contribution in [0.5, 0.6) is 0 Å². The summed E-state index contributed by atoms with van der Waals surface area (Å²) in [4.78, 5) is 23.2. The van der Waals surface area contributed by atoms with E-state index in [4.69, 9.17) is 0 Å². The van der Waals surface area contributed by atoms with Crippen LogP contribution in [0.1, 0.15) is 111 Å². The molecule has 25 heavy (non-hydrogen) atoms. The summed E-state index contributed by atoms with van der Waals surface area (Å²) in [6.45, 7) is 12.4. The van der Waals surface area contributed by atoms with Gasteiger partial charge in [0.05, 0.1) is 0 Å². The number of Topliss-reactive ketones (excluding diaryl/α,β-unsaturated/α-hetero) is 1. The molecule has 0 aliphatic rings. The number of unbranched alkanes of at least 4 members (excludes halogenated alkanes) is 11. The van der Waals surface area contributed by atoms with Crippen molar-refractivity contribution in [1.29, 1.82) is 0 Å². The van der Waals surface area contributed by atoms with Gasteiger partial charge in [0.15, 0.2) is 12.1 Å². The highest BCUT2D eigenvalue weighted by atomic mass is 16.2. The second-order valence-corrected chi connectivity index (χ2v) is 6.84. The van der Waals surface area contributed by atoms with Crippen LogP contribution < -0.4 is 0 Å². The quantitative estimate of drug-likeness (QED) is 0.177. The first kappa shape index (κ1) is 26.5. The number of aldehydes is 1. The highest BCUT2D eigenvalue weighted by Crippen LogP contribution is 2.12. The van der Waals surface area contributed by atoms with Crippen LogP contribution in [0.4, 0.5) is 0 Å². The summed E-state index contributed by atoms with van der Waals surface area (Å²) in [6, 6.07) is 0. The standard InChI is InChI=1S/C16H30O2.C6H15N/c1-2-3-4-5-6-7-8-9-10-11-12-13-14-16(18)15-17;1-4-7(5-2)6-3/h15H,2-14H2,1H3;4-6H2,1-3H3. The van der Waals surface area contributed by atoms with E-state index < -0.39 is 0 Å². The molecule has 0 aliphatic heterocycles. The average Bonchev–Trinajstić information content (AvgIpc) is 2.64. The molecule has 0 amide bonds. The zero-order valence-electron chi connectivity index (χ0n) is 17.7. The molecule has 0 aliphatic carbocycles. The van der Waals surface area contributed by atoms with Crippen LogP contribution in [-0.2, 0) is 9.59 Å². The van der Waals surface area contributed by atoms with Gasteiger partial charge in [-0.15, -0.1) is 0 Å². The molecule has 0 saturated heterocycles. The maximum atomic E-state index is 10.7. The third-order valence-corrected chi connectivity index (χ3v) is 4.75. The second kappa shape index (κ2) is 23.3. The zero-order valence-corrected chi connectivity index (χ0v) is 17.7. The molecule has 0 rings (SSSR count). The van der Waals surface area contributed by atoms with Gasteiger partial charge in [-0.25, -0.2) is 0 Å². The van der Waals surface area contributed by atoms with Crippen molar-refractivity contribution in [2.45, 2.75) is 111 Å². The van der Waals surface area contributed by atoms with Crippen LogP contribution in [0.25, 0.3) is 0 Å². The number of hydrogen-bond acceptors (Lipinski definition) is 3. The molecule has 0 N–H and O–H groups in total. The SMILES string of the molecule is CCCCCCCCCCCCCCC(=O)C=O.CCN(CC)CC. The molecular formula is C22H45NO2. The van der Waals surface area contributed by atoms with Gasteiger partial charge in [0, 0.05) is 6.42 Å². The van der Waals surface area contributed by atoms with E-state index in [0.717, 1.165) is 12.8 Å². The Bertz CT molecular complexity index is 270. The molecular weight excluding hydrogens is 310 g/mol. The van der Waals surface area contributed by atoms with E-state index in [1.54, 1.807) is 0 Å². The van der Waals surface area contributed by atoms with Crippen LogP contribution in [0.15, 0.2) is 0 Å². The van der Waals surface area contributed by atoms with Gasteiger partial charge in [0.25, 0.3) is 0 Å². The molecule has 0 radical (unpaired) electrons. The lowest BCUT2D eigenvalue weighted by Crippen LogP contribution is -2.21. The summed E-state index contributed by atoms with van der Waals surface area (Å²) in [5.74, 6) is -0.248. The smallest absolute Gasteiger partial charge is 0.195 e. The number of ketones is 1. The fraction of sp³-hybridized carbons (Fsp3) is 0.909. The van der Waals surface area contributed by atoms with Crippen molar-refractivity contribution in [3.8, 4) is 0 Å². The second-order valence-electron chi connectivity index (χ2n) is 6.84. The van der Waals surface area contributed by atoms with Gasteiger partial charge in [0.2, 0.25) is 0 Å². The highest BCUT2D eigenvalue weighted by Gasteiger charge is 1.98. The molecule has 3 heteroatoms. The lowest BCUT2D eigenvalue weighted by Gasteiger charge is -2.13. The fourth-order valence-electron chi connectivity index (χ4n) is 2.87. The lowest BCUT2D eigenvalue weighted by molar-refractivity contribution is -0.129.